The Morgan fingerprint density at radius 2 is 1.83 bits per heavy atom. The fraction of sp³-hybridized carbons (Fsp3) is 0.417. The lowest BCUT2D eigenvalue weighted by atomic mass is 9.90. The number of amides is 4. The zero-order valence-electron chi connectivity index (χ0n) is 18.9. The van der Waals surface area contributed by atoms with Gasteiger partial charge in [0.2, 0.25) is 11.8 Å². The van der Waals surface area contributed by atoms with E-state index < -0.39 is 29.7 Å². The largest absolute Gasteiger partial charge is 0.348 e. The van der Waals surface area contributed by atoms with Crippen molar-refractivity contribution in [3.05, 3.63) is 52.4 Å². The number of carbonyl (C=O) groups excluding carboxylic acids is 4. The molecule has 10 nitrogen and oxygen atoms in total. The van der Waals surface area contributed by atoms with Crippen molar-refractivity contribution in [3.8, 4) is 0 Å². The highest BCUT2D eigenvalue weighted by Crippen LogP contribution is 2.33. The maximum absolute atomic E-state index is 13.5. The van der Waals surface area contributed by atoms with Crippen molar-refractivity contribution in [2.45, 2.75) is 63.2 Å². The lowest BCUT2D eigenvalue weighted by molar-refractivity contribution is -0.136. The zero-order chi connectivity index (χ0) is 24.7. The van der Waals surface area contributed by atoms with Crippen LogP contribution >= 0.6 is 11.6 Å². The second kappa shape index (κ2) is 9.35. The Labute approximate surface area is 206 Å². The molecule has 5 rings (SSSR count). The molecule has 0 spiro atoms. The van der Waals surface area contributed by atoms with Gasteiger partial charge in [0.25, 0.3) is 11.8 Å². The van der Waals surface area contributed by atoms with Crippen molar-refractivity contribution in [3.63, 3.8) is 0 Å². The van der Waals surface area contributed by atoms with E-state index in [2.05, 4.69) is 20.2 Å². The van der Waals surface area contributed by atoms with E-state index in [1.165, 1.54) is 6.20 Å². The van der Waals surface area contributed by atoms with Crippen molar-refractivity contribution < 1.29 is 19.2 Å². The summed E-state index contributed by atoms with van der Waals surface area (Å²) >= 11 is 6.13. The van der Waals surface area contributed by atoms with E-state index in [1.807, 2.05) is 0 Å². The molecule has 1 aromatic heterocycles. The number of fused-ring (bicyclic) bond motifs is 1. The highest BCUT2D eigenvalue weighted by molar-refractivity contribution is 6.29. The van der Waals surface area contributed by atoms with E-state index in [-0.39, 0.29) is 41.2 Å². The van der Waals surface area contributed by atoms with Crippen molar-refractivity contribution >= 4 is 41.0 Å². The maximum atomic E-state index is 13.5. The quantitative estimate of drug-likeness (QED) is 0.597. The first-order valence-corrected chi connectivity index (χ1v) is 12.0. The van der Waals surface area contributed by atoms with Crippen molar-refractivity contribution in [1.82, 2.24) is 20.2 Å². The second-order valence-corrected chi connectivity index (χ2v) is 9.57. The molecule has 2 aliphatic heterocycles. The first-order valence-electron chi connectivity index (χ1n) is 11.7. The van der Waals surface area contributed by atoms with E-state index in [9.17, 15) is 19.2 Å². The molecule has 1 unspecified atom stereocenters. The molecule has 1 atom stereocenters. The van der Waals surface area contributed by atoms with Crippen LogP contribution in [-0.4, -0.2) is 56.6 Å². The summed E-state index contributed by atoms with van der Waals surface area (Å²) in [5, 5.41) is 2.48. The molecule has 1 saturated heterocycles. The van der Waals surface area contributed by atoms with Crippen LogP contribution in [-0.2, 0) is 16.1 Å². The van der Waals surface area contributed by atoms with Gasteiger partial charge in [0.05, 0.1) is 23.5 Å². The van der Waals surface area contributed by atoms with Crippen LogP contribution < -0.4 is 16.0 Å². The molecule has 35 heavy (non-hydrogen) atoms. The first kappa shape index (κ1) is 23.4. The summed E-state index contributed by atoms with van der Waals surface area (Å²) in [5.74, 6) is -1.52. The Hall–Kier alpha value is -3.37. The van der Waals surface area contributed by atoms with Crippen LogP contribution in [0, 0.1) is 0 Å². The molecule has 182 valence electrons. The van der Waals surface area contributed by atoms with E-state index in [1.54, 1.807) is 24.4 Å². The Balaban J connectivity index is 1.48. The second-order valence-electron chi connectivity index (χ2n) is 9.18. The Kier molecular flexibility index (Phi) is 6.24. The molecule has 3 aliphatic rings. The van der Waals surface area contributed by atoms with Gasteiger partial charge in [-0.3, -0.25) is 34.4 Å². The number of halogens is 1. The third kappa shape index (κ3) is 4.39. The van der Waals surface area contributed by atoms with Crippen LogP contribution in [0.5, 0.6) is 0 Å². The monoisotopic (exact) mass is 496 g/mol. The number of anilines is 1. The molecule has 1 aromatic carbocycles. The number of nitrogens with zero attached hydrogens (tertiary/aromatic N) is 4. The molecule has 1 aliphatic carbocycles. The van der Waals surface area contributed by atoms with E-state index in [0.717, 1.165) is 30.6 Å². The van der Waals surface area contributed by atoms with Gasteiger partial charge in [0.15, 0.2) is 0 Å². The number of hydrogen-bond acceptors (Lipinski definition) is 8. The predicted molar refractivity (Wildman–Crippen MR) is 127 cm³/mol. The number of rotatable bonds is 5. The topological polar surface area (TPSA) is 139 Å². The van der Waals surface area contributed by atoms with Crippen LogP contribution in [0.25, 0.3) is 0 Å². The van der Waals surface area contributed by atoms with Gasteiger partial charge in [0.1, 0.15) is 17.0 Å². The van der Waals surface area contributed by atoms with Gasteiger partial charge in [-0.1, -0.05) is 23.7 Å². The molecule has 4 amide bonds. The van der Waals surface area contributed by atoms with Gasteiger partial charge >= 0.3 is 0 Å². The Bertz CT molecular complexity index is 1210. The third-order valence-corrected chi connectivity index (χ3v) is 7.15. The van der Waals surface area contributed by atoms with E-state index in [4.69, 9.17) is 17.3 Å². The summed E-state index contributed by atoms with van der Waals surface area (Å²) in [6, 6.07) is 4.37. The lowest BCUT2D eigenvalue weighted by Crippen LogP contribution is -2.54. The van der Waals surface area contributed by atoms with Crippen LogP contribution in [0.15, 0.2) is 30.6 Å². The number of piperidine rings is 1. The number of hydrogen-bond donors (Lipinski definition) is 2. The van der Waals surface area contributed by atoms with Gasteiger partial charge in [-0.2, -0.15) is 0 Å². The summed E-state index contributed by atoms with van der Waals surface area (Å²) in [6.07, 6.45) is 6.69. The van der Waals surface area contributed by atoms with Crippen LogP contribution in [0.4, 0.5) is 5.82 Å². The number of nitrogens with one attached hydrogen (secondary N) is 1. The summed E-state index contributed by atoms with van der Waals surface area (Å²) in [6.45, 7) is 0.306. The average Bonchev–Trinajstić information content (AvgIpc) is 3.09. The minimum absolute atomic E-state index is 0.0711. The molecule has 0 radical (unpaired) electrons. The van der Waals surface area contributed by atoms with Crippen LogP contribution in [0.1, 0.15) is 64.8 Å². The minimum atomic E-state index is -1.01. The smallest absolute Gasteiger partial charge is 0.262 e. The molecule has 0 bridgehead atoms. The minimum Gasteiger partial charge on any atom is -0.348 e. The molecule has 3 N–H and O–H groups in total. The maximum Gasteiger partial charge on any atom is 0.262 e. The summed E-state index contributed by atoms with van der Waals surface area (Å²) in [4.78, 5) is 62.4. The number of nitrogens with two attached hydrogens (primary N) is 1. The van der Waals surface area contributed by atoms with Crippen molar-refractivity contribution in [2.24, 2.45) is 5.73 Å². The van der Waals surface area contributed by atoms with Crippen molar-refractivity contribution in [1.29, 1.82) is 0 Å². The van der Waals surface area contributed by atoms with Gasteiger partial charge in [-0.05, 0) is 43.7 Å². The predicted octanol–water partition coefficient (Wildman–Crippen LogP) is 1.81. The Morgan fingerprint density at radius 1 is 1.06 bits per heavy atom. The molecule has 1 saturated carbocycles. The molecule has 2 aromatic rings. The fourth-order valence-electron chi connectivity index (χ4n) is 5.18. The van der Waals surface area contributed by atoms with E-state index in [0.29, 0.717) is 17.9 Å². The zero-order valence-corrected chi connectivity index (χ0v) is 19.7. The fourth-order valence-corrected chi connectivity index (χ4v) is 5.32. The van der Waals surface area contributed by atoms with Gasteiger partial charge in [-0.25, -0.2) is 4.98 Å². The average molecular weight is 497 g/mol. The molecular formula is C24H25ClN6O4. The number of carbonyl (C=O) groups is 4. The number of benzene rings is 1. The number of aromatic nitrogens is 2. The molecule has 11 heteroatoms. The highest BCUT2D eigenvalue weighted by atomic mass is 35.5. The molecule has 2 fully saturated rings. The van der Waals surface area contributed by atoms with Crippen LogP contribution in [0.3, 0.4) is 0 Å². The lowest BCUT2D eigenvalue weighted by Gasteiger charge is -2.37. The van der Waals surface area contributed by atoms with Crippen LogP contribution in [0.2, 0.25) is 5.15 Å². The highest BCUT2D eigenvalue weighted by Gasteiger charge is 2.45. The third-order valence-electron chi connectivity index (χ3n) is 6.96. The van der Waals surface area contributed by atoms with Gasteiger partial charge in [-0.15, -0.1) is 0 Å². The number of imide groups is 2. The Morgan fingerprint density at radius 3 is 2.54 bits per heavy atom. The normalized spacial score (nSPS) is 24.4. The van der Waals surface area contributed by atoms with Gasteiger partial charge < -0.3 is 10.6 Å². The summed E-state index contributed by atoms with van der Waals surface area (Å²) in [7, 11) is 0. The van der Waals surface area contributed by atoms with E-state index >= 15 is 0 Å². The SMILES string of the molecule is NC1CCC(N(Cc2cccc3c2C(=O)N(C2CCC(=O)NC2=O)C3=O)c2cncc(Cl)n2)CC1. The van der Waals surface area contributed by atoms with Crippen molar-refractivity contribution in [2.75, 3.05) is 4.90 Å². The van der Waals surface area contributed by atoms with Gasteiger partial charge in [0, 0.05) is 25.0 Å². The first-order chi connectivity index (χ1) is 16.8. The molecule has 3 heterocycles. The summed E-state index contributed by atoms with van der Waals surface area (Å²) < 4.78 is 0. The summed E-state index contributed by atoms with van der Waals surface area (Å²) in [5.41, 5.74) is 7.29. The molecular weight excluding hydrogens is 472 g/mol. The standard InChI is InChI=1S/C24H25ClN6O4/c25-18-10-27-11-19(28-18)30(15-6-4-14(26)5-7-15)12-13-2-1-3-16-21(13)24(35)31(23(16)34)17-8-9-20(32)29-22(17)33/h1-3,10-11,14-15,17H,4-9,12,26H2,(H,29,32,33).